The average Bonchev–Trinajstić information content (AvgIpc) is 2.45. The second-order valence-electron chi connectivity index (χ2n) is 6.23. The third-order valence-corrected chi connectivity index (χ3v) is 4.68. The molecule has 5 nitrogen and oxygen atoms in total. The summed E-state index contributed by atoms with van der Waals surface area (Å²) in [6.07, 6.45) is 4.62. The summed E-state index contributed by atoms with van der Waals surface area (Å²) in [7, 11) is 0. The van der Waals surface area contributed by atoms with Gasteiger partial charge in [-0.3, -0.25) is 0 Å². The number of carboxylic acids is 1. The van der Waals surface area contributed by atoms with Crippen LogP contribution in [0.1, 0.15) is 48.5 Å². The van der Waals surface area contributed by atoms with Gasteiger partial charge in [-0.1, -0.05) is 18.0 Å². The smallest absolute Gasteiger partial charge is 0.336 e. The van der Waals surface area contributed by atoms with Crippen LogP contribution in [0.2, 0.25) is 5.02 Å². The number of aromatic hydroxyl groups is 1. The van der Waals surface area contributed by atoms with Crippen molar-refractivity contribution < 1.29 is 19.7 Å². The molecule has 1 aliphatic carbocycles. The fraction of sp³-hybridized carbons (Fsp3) is 0.588. The Morgan fingerprint density at radius 2 is 2.22 bits per heavy atom. The predicted octanol–water partition coefficient (Wildman–Crippen LogP) is 3.60. The standard InChI is InChI=1S/C17H24ClNO4/c1-10(6-7-19-9-12-4-3-5-12)23-16-14(18)8-13(17(21)22)11(2)15(16)20/h8,10,12,19-20H,3-7,9H2,1-2H3,(H,21,22). The number of nitrogens with one attached hydrogen (secondary N) is 1. The maximum Gasteiger partial charge on any atom is 0.336 e. The molecule has 0 amide bonds. The molecular weight excluding hydrogens is 318 g/mol. The van der Waals surface area contributed by atoms with Crippen LogP contribution in [-0.4, -0.2) is 35.4 Å². The zero-order chi connectivity index (χ0) is 17.0. The Bertz CT molecular complexity index is 572. The number of rotatable bonds is 8. The van der Waals surface area contributed by atoms with Crippen LogP contribution in [0.4, 0.5) is 0 Å². The highest BCUT2D eigenvalue weighted by Gasteiger charge is 2.21. The fourth-order valence-corrected chi connectivity index (χ4v) is 2.86. The average molecular weight is 342 g/mol. The second-order valence-corrected chi connectivity index (χ2v) is 6.64. The summed E-state index contributed by atoms with van der Waals surface area (Å²) < 4.78 is 5.72. The van der Waals surface area contributed by atoms with E-state index in [0.717, 1.165) is 25.4 Å². The van der Waals surface area contributed by atoms with Crippen LogP contribution in [0.25, 0.3) is 0 Å². The van der Waals surface area contributed by atoms with Crippen molar-refractivity contribution in [2.45, 2.75) is 45.6 Å². The lowest BCUT2D eigenvalue weighted by molar-refractivity contribution is 0.0695. The normalized spacial score (nSPS) is 16.0. The Morgan fingerprint density at radius 1 is 1.52 bits per heavy atom. The molecule has 0 spiro atoms. The van der Waals surface area contributed by atoms with Crippen LogP contribution in [0.15, 0.2) is 6.07 Å². The molecule has 1 saturated carbocycles. The van der Waals surface area contributed by atoms with E-state index in [4.69, 9.17) is 21.4 Å². The van der Waals surface area contributed by atoms with Gasteiger partial charge in [0.25, 0.3) is 0 Å². The Balaban J connectivity index is 1.90. The van der Waals surface area contributed by atoms with Crippen LogP contribution >= 0.6 is 11.6 Å². The lowest BCUT2D eigenvalue weighted by Gasteiger charge is -2.26. The van der Waals surface area contributed by atoms with Crippen LogP contribution in [0, 0.1) is 12.8 Å². The van der Waals surface area contributed by atoms with Gasteiger partial charge >= 0.3 is 5.97 Å². The van der Waals surface area contributed by atoms with Crippen molar-refractivity contribution in [3.05, 3.63) is 22.2 Å². The molecule has 1 aromatic carbocycles. The molecule has 0 bridgehead atoms. The third kappa shape index (κ3) is 4.52. The molecule has 0 heterocycles. The molecule has 1 unspecified atom stereocenters. The molecule has 128 valence electrons. The lowest BCUT2D eigenvalue weighted by atomic mass is 9.85. The molecule has 0 aliphatic heterocycles. The predicted molar refractivity (Wildman–Crippen MR) is 89.7 cm³/mol. The van der Waals surface area contributed by atoms with E-state index >= 15 is 0 Å². The zero-order valence-electron chi connectivity index (χ0n) is 13.6. The minimum absolute atomic E-state index is 0.0188. The van der Waals surface area contributed by atoms with E-state index in [2.05, 4.69) is 5.32 Å². The Kier molecular flexibility index (Phi) is 6.13. The number of hydrogen-bond acceptors (Lipinski definition) is 4. The van der Waals surface area contributed by atoms with Gasteiger partial charge < -0.3 is 20.3 Å². The minimum atomic E-state index is -1.13. The van der Waals surface area contributed by atoms with Gasteiger partial charge in [0.2, 0.25) is 0 Å². The highest BCUT2D eigenvalue weighted by atomic mass is 35.5. The third-order valence-electron chi connectivity index (χ3n) is 4.40. The number of aromatic carboxylic acids is 1. The highest BCUT2D eigenvalue weighted by Crippen LogP contribution is 2.39. The first-order valence-corrected chi connectivity index (χ1v) is 8.40. The summed E-state index contributed by atoms with van der Waals surface area (Å²) in [6, 6.07) is 1.32. The van der Waals surface area contributed by atoms with Crippen molar-refractivity contribution >= 4 is 17.6 Å². The molecular formula is C17H24ClNO4. The van der Waals surface area contributed by atoms with Crippen molar-refractivity contribution in [1.82, 2.24) is 5.32 Å². The van der Waals surface area contributed by atoms with E-state index in [1.54, 1.807) is 0 Å². The van der Waals surface area contributed by atoms with Crippen molar-refractivity contribution in [2.75, 3.05) is 13.1 Å². The van der Waals surface area contributed by atoms with E-state index in [1.807, 2.05) is 6.92 Å². The summed E-state index contributed by atoms with van der Waals surface area (Å²) in [6.45, 7) is 5.32. The number of carboxylic acid groups (broad SMARTS) is 1. The van der Waals surface area contributed by atoms with Crippen molar-refractivity contribution in [2.24, 2.45) is 5.92 Å². The van der Waals surface area contributed by atoms with Gasteiger partial charge in [0.15, 0.2) is 11.5 Å². The maximum absolute atomic E-state index is 11.1. The summed E-state index contributed by atoms with van der Waals surface area (Å²) in [5.41, 5.74) is 0.238. The van der Waals surface area contributed by atoms with Gasteiger partial charge in [-0.25, -0.2) is 4.79 Å². The first-order valence-electron chi connectivity index (χ1n) is 8.02. The molecule has 1 atom stereocenters. The van der Waals surface area contributed by atoms with Gasteiger partial charge in [0.1, 0.15) is 0 Å². The zero-order valence-corrected chi connectivity index (χ0v) is 14.3. The first kappa shape index (κ1) is 17.9. The van der Waals surface area contributed by atoms with Gasteiger partial charge in [0.05, 0.1) is 16.7 Å². The number of benzene rings is 1. The first-order chi connectivity index (χ1) is 10.9. The SMILES string of the molecule is Cc1c(C(=O)O)cc(Cl)c(OC(C)CCNCC2CCC2)c1O. The monoisotopic (exact) mass is 341 g/mol. The van der Waals surface area contributed by atoms with Crippen LogP contribution in [0.3, 0.4) is 0 Å². The summed E-state index contributed by atoms with van der Waals surface area (Å²) >= 11 is 6.06. The number of halogens is 1. The van der Waals surface area contributed by atoms with E-state index < -0.39 is 5.97 Å². The molecule has 1 aliphatic rings. The number of hydrogen-bond donors (Lipinski definition) is 3. The lowest BCUT2D eigenvalue weighted by Crippen LogP contribution is -2.30. The van der Waals surface area contributed by atoms with Gasteiger partial charge in [0, 0.05) is 5.56 Å². The molecule has 6 heteroatoms. The molecule has 1 fully saturated rings. The minimum Gasteiger partial charge on any atom is -0.504 e. The van der Waals surface area contributed by atoms with Gasteiger partial charge in [-0.15, -0.1) is 0 Å². The van der Waals surface area contributed by atoms with Crippen LogP contribution < -0.4 is 10.1 Å². The fourth-order valence-electron chi connectivity index (χ4n) is 2.61. The molecule has 0 radical (unpaired) electrons. The summed E-state index contributed by atoms with van der Waals surface area (Å²) in [5.74, 6) is -0.361. The maximum atomic E-state index is 11.1. The summed E-state index contributed by atoms with van der Waals surface area (Å²) in [5, 5.41) is 22.8. The van der Waals surface area contributed by atoms with Gasteiger partial charge in [-0.2, -0.15) is 0 Å². The van der Waals surface area contributed by atoms with E-state index in [1.165, 1.54) is 32.3 Å². The number of ether oxygens (including phenoxy) is 1. The van der Waals surface area contributed by atoms with E-state index in [-0.39, 0.29) is 33.8 Å². The van der Waals surface area contributed by atoms with E-state index in [0.29, 0.717) is 0 Å². The topological polar surface area (TPSA) is 78.8 Å². The van der Waals surface area contributed by atoms with Crippen LogP contribution in [0.5, 0.6) is 11.5 Å². The molecule has 1 aromatic rings. The largest absolute Gasteiger partial charge is 0.504 e. The number of phenolic OH excluding ortho intramolecular Hbond substituents is 1. The molecule has 0 saturated heterocycles. The molecule has 2 rings (SSSR count). The van der Waals surface area contributed by atoms with Crippen molar-refractivity contribution in [3.8, 4) is 11.5 Å². The molecule has 0 aromatic heterocycles. The second kappa shape index (κ2) is 7.88. The van der Waals surface area contributed by atoms with Gasteiger partial charge in [-0.05, 0) is 58.2 Å². The number of phenols is 1. The molecule has 23 heavy (non-hydrogen) atoms. The van der Waals surface area contributed by atoms with E-state index in [9.17, 15) is 9.90 Å². The quantitative estimate of drug-likeness (QED) is 0.630. The summed E-state index contributed by atoms with van der Waals surface area (Å²) in [4.78, 5) is 11.1. The highest BCUT2D eigenvalue weighted by molar-refractivity contribution is 6.32. The molecule has 3 N–H and O–H groups in total. The number of carbonyl (C=O) groups is 1. The van der Waals surface area contributed by atoms with Crippen molar-refractivity contribution in [3.63, 3.8) is 0 Å². The van der Waals surface area contributed by atoms with Crippen LogP contribution in [-0.2, 0) is 0 Å². The van der Waals surface area contributed by atoms with Crippen molar-refractivity contribution in [1.29, 1.82) is 0 Å². The Hall–Kier alpha value is -1.46. The Labute approximate surface area is 141 Å². The Morgan fingerprint density at radius 3 is 2.78 bits per heavy atom.